The highest BCUT2D eigenvalue weighted by molar-refractivity contribution is 9.10. The highest BCUT2D eigenvalue weighted by Gasteiger charge is 2.23. The standard InChI is InChI=1S/C20H20BrN5OS/c21-16-12-28-18-17(16)24-20(25-8-4-3-7-15(23)11-25)26(19(18)27)10-14-6-2-1-5-13(14)9-22/h1-2,5-6,12,15H,3-4,7-8,10-11,23H2/t15-/m1/s1. The minimum atomic E-state index is -0.0822. The summed E-state index contributed by atoms with van der Waals surface area (Å²) in [6, 6.07) is 9.65. The summed E-state index contributed by atoms with van der Waals surface area (Å²) in [6.07, 6.45) is 3.06. The molecule has 0 saturated carbocycles. The SMILES string of the molecule is N#Cc1ccccc1Cn1c(N2CCCC[C@@H](N)C2)nc2c(Br)csc2c1=O. The zero-order valence-electron chi connectivity index (χ0n) is 15.3. The van der Waals surface area contributed by atoms with E-state index >= 15 is 0 Å². The number of fused-ring (bicyclic) bond motifs is 1. The second-order valence-electron chi connectivity index (χ2n) is 7.04. The molecular weight excluding hydrogens is 438 g/mol. The van der Waals surface area contributed by atoms with Crippen LogP contribution in [0.15, 0.2) is 38.9 Å². The van der Waals surface area contributed by atoms with E-state index in [2.05, 4.69) is 26.9 Å². The molecule has 1 fully saturated rings. The fourth-order valence-electron chi connectivity index (χ4n) is 3.64. The summed E-state index contributed by atoms with van der Waals surface area (Å²) in [5.41, 5.74) is 8.25. The van der Waals surface area contributed by atoms with E-state index in [1.54, 1.807) is 10.6 Å². The van der Waals surface area contributed by atoms with Gasteiger partial charge in [0.25, 0.3) is 5.56 Å². The maximum Gasteiger partial charge on any atom is 0.273 e. The van der Waals surface area contributed by atoms with Crippen molar-refractivity contribution in [1.82, 2.24) is 9.55 Å². The molecular formula is C20H20BrN5OS. The van der Waals surface area contributed by atoms with E-state index in [1.807, 2.05) is 23.6 Å². The summed E-state index contributed by atoms with van der Waals surface area (Å²) in [5.74, 6) is 0.627. The molecule has 4 rings (SSSR count). The highest BCUT2D eigenvalue weighted by Crippen LogP contribution is 2.29. The lowest BCUT2D eigenvalue weighted by molar-refractivity contribution is 0.610. The molecule has 1 aromatic carbocycles. The zero-order valence-corrected chi connectivity index (χ0v) is 17.7. The molecule has 3 aromatic rings. The first kappa shape index (κ1) is 19.1. The zero-order chi connectivity index (χ0) is 19.7. The van der Waals surface area contributed by atoms with Crippen LogP contribution in [0, 0.1) is 11.3 Å². The molecule has 0 amide bonds. The molecule has 1 aliphatic heterocycles. The number of rotatable bonds is 3. The van der Waals surface area contributed by atoms with Crippen molar-refractivity contribution in [3.05, 3.63) is 55.6 Å². The second kappa shape index (κ2) is 8.03. The van der Waals surface area contributed by atoms with Crippen LogP contribution in [0.5, 0.6) is 0 Å². The van der Waals surface area contributed by atoms with Crippen LogP contribution in [0.4, 0.5) is 5.95 Å². The van der Waals surface area contributed by atoms with Gasteiger partial charge in [-0.2, -0.15) is 5.26 Å². The first-order chi connectivity index (χ1) is 13.6. The second-order valence-corrected chi connectivity index (χ2v) is 8.77. The van der Waals surface area contributed by atoms with Crippen molar-refractivity contribution in [3.63, 3.8) is 0 Å². The number of hydrogen-bond donors (Lipinski definition) is 1. The molecule has 1 aliphatic rings. The van der Waals surface area contributed by atoms with E-state index in [4.69, 9.17) is 10.7 Å². The summed E-state index contributed by atoms with van der Waals surface area (Å²) in [7, 11) is 0. The Balaban J connectivity index is 1.89. The molecule has 0 unspecified atom stereocenters. The van der Waals surface area contributed by atoms with Crippen molar-refractivity contribution in [2.75, 3.05) is 18.0 Å². The van der Waals surface area contributed by atoms with Crippen LogP contribution in [-0.4, -0.2) is 28.7 Å². The number of aromatic nitrogens is 2. The van der Waals surface area contributed by atoms with Crippen LogP contribution in [0.1, 0.15) is 30.4 Å². The van der Waals surface area contributed by atoms with Gasteiger partial charge in [-0.25, -0.2) is 4.98 Å². The number of halogens is 1. The van der Waals surface area contributed by atoms with Gasteiger partial charge in [0.05, 0.1) is 22.7 Å². The average molecular weight is 458 g/mol. The first-order valence-electron chi connectivity index (χ1n) is 9.24. The molecule has 0 radical (unpaired) electrons. The predicted octanol–water partition coefficient (Wildman–Crippen LogP) is 3.46. The molecule has 1 saturated heterocycles. The van der Waals surface area contributed by atoms with Gasteiger partial charge < -0.3 is 10.6 Å². The van der Waals surface area contributed by atoms with Crippen LogP contribution in [0.25, 0.3) is 10.2 Å². The normalized spacial score (nSPS) is 17.5. The fraction of sp³-hybridized carbons (Fsp3) is 0.350. The van der Waals surface area contributed by atoms with Crippen LogP contribution in [0.3, 0.4) is 0 Å². The molecule has 6 nitrogen and oxygen atoms in total. The largest absolute Gasteiger partial charge is 0.341 e. The molecule has 0 spiro atoms. The third kappa shape index (κ3) is 3.58. The van der Waals surface area contributed by atoms with Gasteiger partial charge in [-0.05, 0) is 40.4 Å². The molecule has 144 valence electrons. The maximum atomic E-state index is 13.3. The Hall–Kier alpha value is -2.21. The monoisotopic (exact) mass is 457 g/mol. The predicted molar refractivity (Wildman–Crippen MR) is 116 cm³/mol. The number of anilines is 1. The van der Waals surface area contributed by atoms with E-state index in [0.717, 1.165) is 35.8 Å². The number of benzene rings is 1. The molecule has 28 heavy (non-hydrogen) atoms. The number of nitrogens with two attached hydrogens (primary N) is 1. The van der Waals surface area contributed by atoms with Crippen molar-refractivity contribution in [3.8, 4) is 6.07 Å². The van der Waals surface area contributed by atoms with E-state index in [0.29, 0.717) is 34.8 Å². The number of thiophene rings is 1. The van der Waals surface area contributed by atoms with E-state index in [-0.39, 0.29) is 11.6 Å². The van der Waals surface area contributed by atoms with Crippen molar-refractivity contribution in [2.24, 2.45) is 5.73 Å². The third-order valence-corrected chi connectivity index (χ3v) is 6.94. The van der Waals surface area contributed by atoms with E-state index in [1.165, 1.54) is 11.3 Å². The van der Waals surface area contributed by atoms with Crippen molar-refractivity contribution in [1.29, 1.82) is 5.26 Å². The van der Waals surface area contributed by atoms with Gasteiger partial charge in [-0.3, -0.25) is 9.36 Å². The summed E-state index contributed by atoms with van der Waals surface area (Å²) in [4.78, 5) is 20.3. The number of hydrogen-bond acceptors (Lipinski definition) is 6. The summed E-state index contributed by atoms with van der Waals surface area (Å²) in [6.45, 7) is 1.79. The lowest BCUT2D eigenvalue weighted by Gasteiger charge is -2.26. The van der Waals surface area contributed by atoms with E-state index in [9.17, 15) is 10.1 Å². The number of nitriles is 1. The Kier molecular flexibility index (Phi) is 5.49. The average Bonchev–Trinajstić information content (AvgIpc) is 2.93. The van der Waals surface area contributed by atoms with Crippen molar-refractivity contribution < 1.29 is 0 Å². The molecule has 2 aromatic heterocycles. The molecule has 8 heteroatoms. The van der Waals surface area contributed by atoms with Crippen molar-refractivity contribution >= 4 is 43.4 Å². The Morgan fingerprint density at radius 2 is 2.18 bits per heavy atom. The fourth-order valence-corrected chi connectivity index (χ4v) is 5.15. The van der Waals surface area contributed by atoms with Crippen LogP contribution >= 0.6 is 27.3 Å². The summed E-state index contributed by atoms with van der Waals surface area (Å²) < 4.78 is 3.14. The smallest absolute Gasteiger partial charge is 0.273 e. The minimum absolute atomic E-state index is 0.0564. The van der Waals surface area contributed by atoms with Crippen LogP contribution in [0.2, 0.25) is 0 Å². The highest BCUT2D eigenvalue weighted by atomic mass is 79.9. The van der Waals surface area contributed by atoms with Crippen molar-refractivity contribution in [2.45, 2.75) is 31.8 Å². The van der Waals surface area contributed by atoms with Gasteiger partial charge in [-0.15, -0.1) is 11.3 Å². The topological polar surface area (TPSA) is 87.9 Å². The van der Waals surface area contributed by atoms with Gasteiger partial charge in [-0.1, -0.05) is 24.6 Å². The molecule has 0 bridgehead atoms. The lowest BCUT2D eigenvalue weighted by Crippen LogP contribution is -2.40. The van der Waals surface area contributed by atoms with Gasteiger partial charge in [0.1, 0.15) is 10.2 Å². The quantitative estimate of drug-likeness (QED) is 0.650. The van der Waals surface area contributed by atoms with Gasteiger partial charge >= 0.3 is 0 Å². The first-order valence-corrected chi connectivity index (χ1v) is 10.9. The summed E-state index contributed by atoms with van der Waals surface area (Å²) in [5, 5.41) is 11.3. The Morgan fingerprint density at radius 3 is 3.00 bits per heavy atom. The van der Waals surface area contributed by atoms with Crippen LogP contribution < -0.4 is 16.2 Å². The van der Waals surface area contributed by atoms with Gasteiger partial charge in [0.2, 0.25) is 5.95 Å². The molecule has 3 heterocycles. The molecule has 0 aliphatic carbocycles. The number of nitrogens with zero attached hydrogens (tertiary/aromatic N) is 4. The maximum absolute atomic E-state index is 13.3. The Labute approximate surface area is 175 Å². The Morgan fingerprint density at radius 1 is 1.36 bits per heavy atom. The van der Waals surface area contributed by atoms with E-state index < -0.39 is 0 Å². The molecule has 2 N–H and O–H groups in total. The van der Waals surface area contributed by atoms with Crippen LogP contribution in [-0.2, 0) is 6.54 Å². The minimum Gasteiger partial charge on any atom is -0.341 e. The Bertz CT molecular complexity index is 1120. The van der Waals surface area contributed by atoms with Gasteiger partial charge in [0.15, 0.2) is 0 Å². The van der Waals surface area contributed by atoms with Gasteiger partial charge in [0, 0.05) is 24.5 Å². The summed E-state index contributed by atoms with van der Waals surface area (Å²) >= 11 is 4.90. The molecule has 1 atom stereocenters. The lowest BCUT2D eigenvalue weighted by atomic mass is 10.1. The third-order valence-electron chi connectivity index (χ3n) is 5.07.